The highest BCUT2D eigenvalue weighted by Crippen LogP contribution is 2.35. The molecule has 0 saturated heterocycles. The number of thiocarbonyl (C=S) groups is 1. The molecule has 1 aliphatic rings. The van der Waals surface area contributed by atoms with Crippen LogP contribution in [0, 0.1) is 11.6 Å². The summed E-state index contributed by atoms with van der Waals surface area (Å²) in [5.41, 5.74) is 1.49. The van der Waals surface area contributed by atoms with E-state index < -0.39 is 23.6 Å². The first-order chi connectivity index (χ1) is 13.9. The minimum atomic E-state index is -0.906. The predicted octanol–water partition coefficient (Wildman–Crippen LogP) is 4.25. The van der Waals surface area contributed by atoms with Gasteiger partial charge in [-0.2, -0.15) is 0 Å². The number of allylic oxidation sites excluding steroid dienone is 1. The lowest BCUT2D eigenvalue weighted by Crippen LogP contribution is -2.48. The second kappa shape index (κ2) is 8.57. The van der Waals surface area contributed by atoms with E-state index in [1.54, 1.807) is 50.1 Å². The Morgan fingerprint density at radius 2 is 1.90 bits per heavy atom. The van der Waals surface area contributed by atoms with Gasteiger partial charge in [-0.25, -0.2) is 13.6 Å². The number of carbonyl (C=O) groups excluding carboxylic acids is 1. The van der Waals surface area contributed by atoms with Crippen LogP contribution in [0.25, 0.3) is 0 Å². The monoisotopic (exact) mass is 418 g/mol. The highest BCUT2D eigenvalue weighted by atomic mass is 32.1. The van der Waals surface area contributed by atoms with Crippen molar-refractivity contribution in [3.63, 3.8) is 0 Å². The van der Waals surface area contributed by atoms with Gasteiger partial charge in [-0.15, -0.1) is 0 Å². The minimum Gasteiger partial charge on any atom is -0.497 e. The van der Waals surface area contributed by atoms with Gasteiger partial charge in [0.1, 0.15) is 17.4 Å². The number of rotatable bonds is 5. The molecule has 1 heterocycles. The molecule has 1 N–H and O–H groups in total. The minimum absolute atomic E-state index is 0.102. The van der Waals surface area contributed by atoms with Crippen LogP contribution in [0.3, 0.4) is 0 Å². The van der Waals surface area contributed by atoms with Gasteiger partial charge in [-0.3, -0.25) is 4.90 Å². The maximum absolute atomic E-state index is 14.5. The molecular weight excluding hydrogens is 398 g/mol. The van der Waals surface area contributed by atoms with Crippen molar-refractivity contribution < 1.29 is 23.0 Å². The van der Waals surface area contributed by atoms with Crippen LogP contribution in [0.4, 0.5) is 14.5 Å². The second-order valence-electron chi connectivity index (χ2n) is 6.30. The molecule has 3 rings (SSSR count). The Bertz CT molecular complexity index is 976. The number of nitrogens with one attached hydrogen (secondary N) is 1. The molecule has 2 aromatic carbocycles. The summed E-state index contributed by atoms with van der Waals surface area (Å²) in [6, 6.07) is 9.40. The molecule has 2 aromatic rings. The van der Waals surface area contributed by atoms with Crippen molar-refractivity contribution >= 4 is 29.0 Å². The molecule has 0 aliphatic carbocycles. The predicted molar refractivity (Wildman–Crippen MR) is 110 cm³/mol. The van der Waals surface area contributed by atoms with Crippen LogP contribution in [0.5, 0.6) is 5.75 Å². The maximum atomic E-state index is 14.5. The van der Waals surface area contributed by atoms with Crippen molar-refractivity contribution in [2.75, 3.05) is 18.6 Å². The Kier molecular flexibility index (Phi) is 6.12. The molecule has 152 valence electrons. The molecule has 0 bridgehead atoms. The summed E-state index contributed by atoms with van der Waals surface area (Å²) in [6.45, 7) is 3.54. The first-order valence-corrected chi connectivity index (χ1v) is 9.35. The molecule has 5 nitrogen and oxygen atoms in total. The van der Waals surface area contributed by atoms with Crippen molar-refractivity contribution in [1.82, 2.24) is 5.32 Å². The fourth-order valence-corrected chi connectivity index (χ4v) is 3.59. The Balaban J connectivity index is 2.13. The summed E-state index contributed by atoms with van der Waals surface area (Å²) in [7, 11) is 1.56. The molecule has 0 saturated carbocycles. The van der Waals surface area contributed by atoms with Crippen molar-refractivity contribution in [3.05, 3.63) is 70.9 Å². The molecule has 8 heteroatoms. The van der Waals surface area contributed by atoms with E-state index in [2.05, 4.69) is 5.32 Å². The van der Waals surface area contributed by atoms with Crippen molar-refractivity contribution in [2.45, 2.75) is 19.9 Å². The standard InChI is InChI=1S/C21H20F2N2O3S/c1-4-28-20(26)18-12(2)25(14-6-8-15(27-3)9-7-14)21(29)24-19(18)16-10-5-13(22)11-17(16)23/h5-11,19H,4H2,1-3H3,(H,24,29)/t19-/m0/s1. The van der Waals surface area contributed by atoms with Crippen LogP contribution in [0.2, 0.25) is 0 Å². The topological polar surface area (TPSA) is 50.8 Å². The van der Waals surface area contributed by atoms with E-state index in [9.17, 15) is 13.6 Å². The van der Waals surface area contributed by atoms with Gasteiger partial charge < -0.3 is 14.8 Å². The molecule has 0 spiro atoms. The van der Waals surface area contributed by atoms with Crippen LogP contribution in [0.1, 0.15) is 25.5 Å². The van der Waals surface area contributed by atoms with Crippen LogP contribution >= 0.6 is 12.2 Å². The third kappa shape index (κ3) is 4.07. The largest absolute Gasteiger partial charge is 0.497 e. The first-order valence-electron chi connectivity index (χ1n) is 8.94. The zero-order valence-electron chi connectivity index (χ0n) is 16.2. The van der Waals surface area contributed by atoms with Crippen molar-refractivity contribution in [1.29, 1.82) is 0 Å². The summed E-state index contributed by atoms with van der Waals surface area (Å²) in [5.74, 6) is -1.42. The van der Waals surface area contributed by atoms with Gasteiger partial charge in [0.2, 0.25) is 0 Å². The number of carbonyl (C=O) groups is 1. The lowest BCUT2D eigenvalue weighted by Gasteiger charge is -2.37. The average Bonchev–Trinajstić information content (AvgIpc) is 2.68. The van der Waals surface area contributed by atoms with Crippen LogP contribution in [-0.2, 0) is 9.53 Å². The Hall–Kier alpha value is -3.00. The average molecular weight is 418 g/mol. The number of nitrogens with zero attached hydrogens (tertiary/aromatic N) is 1. The third-order valence-corrected chi connectivity index (χ3v) is 4.88. The molecule has 0 fully saturated rings. The third-order valence-electron chi connectivity index (χ3n) is 4.58. The number of esters is 1. The molecule has 1 atom stereocenters. The maximum Gasteiger partial charge on any atom is 0.338 e. The van der Waals surface area contributed by atoms with E-state index in [0.29, 0.717) is 17.1 Å². The normalized spacial score (nSPS) is 16.5. The summed E-state index contributed by atoms with van der Waals surface area (Å²) >= 11 is 5.50. The van der Waals surface area contributed by atoms with E-state index in [-0.39, 0.29) is 22.9 Å². The fourth-order valence-electron chi connectivity index (χ4n) is 3.23. The van der Waals surface area contributed by atoms with Crippen molar-refractivity contribution in [2.24, 2.45) is 0 Å². The highest BCUT2D eigenvalue weighted by Gasteiger charge is 2.36. The van der Waals surface area contributed by atoms with Gasteiger partial charge in [0.15, 0.2) is 5.11 Å². The molecule has 29 heavy (non-hydrogen) atoms. The van der Waals surface area contributed by atoms with Gasteiger partial charge in [-0.1, -0.05) is 6.07 Å². The second-order valence-corrected chi connectivity index (χ2v) is 6.69. The summed E-state index contributed by atoms with van der Waals surface area (Å²) in [6.07, 6.45) is 0. The fraction of sp³-hybridized carbons (Fsp3) is 0.238. The molecule has 0 amide bonds. The zero-order valence-corrected chi connectivity index (χ0v) is 17.0. The van der Waals surface area contributed by atoms with E-state index in [0.717, 1.165) is 12.1 Å². The van der Waals surface area contributed by atoms with Crippen LogP contribution < -0.4 is 15.0 Å². The molecular formula is C21H20F2N2O3S. The molecule has 1 aliphatic heterocycles. The van der Waals surface area contributed by atoms with E-state index >= 15 is 0 Å². The number of hydrogen-bond acceptors (Lipinski definition) is 4. The lowest BCUT2D eigenvalue weighted by atomic mass is 9.94. The summed E-state index contributed by atoms with van der Waals surface area (Å²) in [5, 5.41) is 3.27. The van der Waals surface area contributed by atoms with Gasteiger partial charge in [0.05, 0.1) is 25.3 Å². The first kappa shape index (κ1) is 20.7. The van der Waals surface area contributed by atoms with Gasteiger partial charge in [-0.05, 0) is 56.4 Å². The summed E-state index contributed by atoms with van der Waals surface area (Å²) in [4.78, 5) is 14.4. The number of anilines is 1. The number of ether oxygens (including phenoxy) is 2. The van der Waals surface area contributed by atoms with E-state index in [1.807, 2.05) is 0 Å². The van der Waals surface area contributed by atoms with E-state index in [1.165, 1.54) is 6.07 Å². The Labute approximate surface area is 172 Å². The van der Waals surface area contributed by atoms with Crippen LogP contribution in [0.15, 0.2) is 53.7 Å². The zero-order chi connectivity index (χ0) is 21.1. The Morgan fingerprint density at radius 3 is 2.48 bits per heavy atom. The SMILES string of the molecule is CCOC(=O)C1=C(C)N(c2ccc(OC)cc2)C(=S)N[C@H]1c1ccc(F)cc1F. The van der Waals surface area contributed by atoms with Gasteiger partial charge >= 0.3 is 5.97 Å². The number of benzene rings is 2. The van der Waals surface area contributed by atoms with Gasteiger partial charge in [0, 0.05) is 23.0 Å². The van der Waals surface area contributed by atoms with Crippen molar-refractivity contribution in [3.8, 4) is 5.75 Å². The van der Waals surface area contributed by atoms with E-state index in [4.69, 9.17) is 21.7 Å². The molecule has 0 radical (unpaired) electrons. The molecule has 0 aromatic heterocycles. The Morgan fingerprint density at radius 1 is 1.21 bits per heavy atom. The quantitative estimate of drug-likeness (QED) is 0.579. The number of hydrogen-bond donors (Lipinski definition) is 1. The van der Waals surface area contributed by atoms with Crippen LogP contribution in [-0.4, -0.2) is 24.8 Å². The smallest absolute Gasteiger partial charge is 0.338 e. The highest BCUT2D eigenvalue weighted by molar-refractivity contribution is 7.80. The number of halogens is 2. The number of methoxy groups -OCH3 is 1. The van der Waals surface area contributed by atoms with Gasteiger partial charge in [0.25, 0.3) is 0 Å². The molecule has 0 unspecified atom stereocenters. The lowest BCUT2D eigenvalue weighted by molar-refractivity contribution is -0.139. The summed E-state index contributed by atoms with van der Waals surface area (Å²) < 4.78 is 38.2.